The summed E-state index contributed by atoms with van der Waals surface area (Å²) >= 11 is 1.44. The number of aryl methyl sites for hydroxylation is 1. The van der Waals surface area contributed by atoms with E-state index in [1.807, 2.05) is 86.7 Å². The van der Waals surface area contributed by atoms with Gasteiger partial charge >= 0.3 is 0 Å². The Morgan fingerprint density at radius 3 is 2.63 bits per heavy atom. The van der Waals surface area contributed by atoms with Crippen molar-refractivity contribution in [3.05, 3.63) is 88.3 Å². The Bertz CT molecular complexity index is 1320. The monoisotopic (exact) mass is 486 g/mol. The maximum atomic E-state index is 13.5. The maximum Gasteiger partial charge on any atom is 0.265 e. The van der Waals surface area contributed by atoms with Gasteiger partial charge in [0.2, 0.25) is 5.91 Å². The topological polar surface area (TPSA) is 67.9 Å². The molecule has 0 saturated carbocycles. The lowest BCUT2D eigenvalue weighted by molar-refractivity contribution is -0.122. The van der Waals surface area contributed by atoms with E-state index in [2.05, 4.69) is 5.32 Å². The third-order valence-electron chi connectivity index (χ3n) is 6.05. The van der Waals surface area contributed by atoms with Gasteiger partial charge < -0.3 is 14.8 Å². The van der Waals surface area contributed by atoms with Crippen LogP contribution in [0.5, 0.6) is 11.5 Å². The Morgan fingerprint density at radius 2 is 1.80 bits per heavy atom. The van der Waals surface area contributed by atoms with Gasteiger partial charge in [-0.3, -0.25) is 14.5 Å². The van der Waals surface area contributed by atoms with Crippen molar-refractivity contribution in [2.45, 2.75) is 24.8 Å². The molecule has 0 fully saturated rings. The summed E-state index contributed by atoms with van der Waals surface area (Å²) in [6, 6.07) is 21.0. The van der Waals surface area contributed by atoms with Gasteiger partial charge in [-0.15, -0.1) is 0 Å². The molecule has 3 aromatic rings. The molecule has 0 saturated heterocycles. The molecule has 0 spiro atoms. The molecule has 6 nitrogen and oxygen atoms in total. The molecule has 1 atom stereocenters. The van der Waals surface area contributed by atoms with Crippen LogP contribution >= 0.6 is 11.8 Å². The molecule has 0 aliphatic carbocycles. The number of anilines is 1. The predicted octanol–water partition coefficient (Wildman–Crippen LogP) is 5.12. The number of rotatable bonds is 5. The van der Waals surface area contributed by atoms with Crippen LogP contribution in [0.3, 0.4) is 0 Å². The van der Waals surface area contributed by atoms with Gasteiger partial charge in [0, 0.05) is 4.90 Å². The van der Waals surface area contributed by atoms with E-state index < -0.39 is 0 Å². The van der Waals surface area contributed by atoms with Gasteiger partial charge in [-0.05, 0) is 60.9 Å². The lowest BCUT2D eigenvalue weighted by Gasteiger charge is -2.30. The molecule has 2 aliphatic heterocycles. The molecular formula is C28H26N2O4S. The number of nitrogens with zero attached hydrogens (tertiary/aromatic N) is 1. The highest BCUT2D eigenvalue weighted by atomic mass is 32.2. The summed E-state index contributed by atoms with van der Waals surface area (Å²) in [6.07, 6.45) is 1.90. The summed E-state index contributed by atoms with van der Waals surface area (Å²) in [4.78, 5) is 29.6. The number of thioether (sulfide) groups is 1. The van der Waals surface area contributed by atoms with Crippen molar-refractivity contribution in [1.29, 1.82) is 0 Å². The molecule has 3 aromatic carbocycles. The van der Waals surface area contributed by atoms with Crippen molar-refractivity contribution < 1.29 is 19.1 Å². The van der Waals surface area contributed by atoms with Crippen LogP contribution < -0.4 is 19.7 Å². The second-order valence-corrected chi connectivity index (χ2v) is 9.60. The number of hydrogen-bond acceptors (Lipinski definition) is 5. The summed E-state index contributed by atoms with van der Waals surface area (Å²) < 4.78 is 11.2. The van der Waals surface area contributed by atoms with E-state index in [0.29, 0.717) is 29.6 Å². The smallest absolute Gasteiger partial charge is 0.265 e. The largest absolute Gasteiger partial charge is 0.486 e. The quantitative estimate of drug-likeness (QED) is 0.507. The zero-order valence-electron chi connectivity index (χ0n) is 19.6. The fourth-order valence-corrected chi connectivity index (χ4v) is 5.20. The highest BCUT2D eigenvalue weighted by Crippen LogP contribution is 2.42. The molecule has 5 rings (SSSR count). The number of para-hydroxylation sites is 1. The molecular weight excluding hydrogens is 460 g/mol. The van der Waals surface area contributed by atoms with Gasteiger partial charge in [0.1, 0.15) is 19.8 Å². The lowest BCUT2D eigenvalue weighted by Crippen LogP contribution is -2.43. The Hall–Kier alpha value is -3.71. The summed E-state index contributed by atoms with van der Waals surface area (Å²) in [5.74, 6) is 0.967. The summed E-state index contributed by atoms with van der Waals surface area (Å²) in [7, 11) is 0. The van der Waals surface area contributed by atoms with Crippen LogP contribution in [-0.2, 0) is 9.59 Å². The van der Waals surface area contributed by atoms with Crippen LogP contribution in [-0.4, -0.2) is 31.6 Å². The highest BCUT2D eigenvalue weighted by molar-refractivity contribution is 8.04. The Labute approximate surface area is 208 Å². The number of amides is 2. The van der Waals surface area contributed by atoms with Crippen molar-refractivity contribution in [2.24, 2.45) is 0 Å². The van der Waals surface area contributed by atoms with Gasteiger partial charge in [0.15, 0.2) is 11.5 Å². The van der Waals surface area contributed by atoms with Gasteiger partial charge in [-0.1, -0.05) is 54.2 Å². The fourth-order valence-electron chi connectivity index (χ4n) is 4.15. The number of nitrogens with one attached hydrogen (secondary N) is 1. The van der Waals surface area contributed by atoms with Gasteiger partial charge in [0.25, 0.3) is 5.91 Å². The van der Waals surface area contributed by atoms with Crippen LogP contribution in [0.25, 0.3) is 6.08 Å². The van der Waals surface area contributed by atoms with E-state index in [1.165, 1.54) is 11.8 Å². The first-order chi connectivity index (χ1) is 17.0. The van der Waals surface area contributed by atoms with Crippen LogP contribution in [0, 0.1) is 6.92 Å². The van der Waals surface area contributed by atoms with Crippen molar-refractivity contribution >= 4 is 35.3 Å². The minimum atomic E-state index is -0.259. The van der Waals surface area contributed by atoms with Crippen LogP contribution in [0.1, 0.15) is 29.7 Å². The molecule has 2 aliphatic rings. The fraction of sp³-hybridized carbons (Fsp3) is 0.214. The number of fused-ring (bicyclic) bond motifs is 2. The Kier molecular flexibility index (Phi) is 6.51. The van der Waals surface area contributed by atoms with E-state index in [1.54, 1.807) is 4.90 Å². The number of ether oxygens (including phenoxy) is 2. The average Bonchev–Trinajstić information content (AvgIpc) is 2.87. The molecule has 0 radical (unpaired) electrons. The lowest BCUT2D eigenvalue weighted by atomic mass is 10.1. The molecule has 1 N–H and O–H groups in total. The standard InChI is InChI=1S/C28H26N2O4S/c1-18-7-3-4-8-20(18)16-26-28(32)30(22-9-5-6-10-25(22)35-26)17-27(31)29-19(2)21-11-12-23-24(15-21)34-14-13-33-23/h3-12,15-16,19H,13-14,17H2,1-2H3,(H,29,31)/b26-16-/t19-/m0/s1. The first-order valence-electron chi connectivity index (χ1n) is 11.5. The third kappa shape index (κ3) is 4.91. The second-order valence-electron chi connectivity index (χ2n) is 8.52. The molecule has 2 heterocycles. The zero-order valence-corrected chi connectivity index (χ0v) is 20.4. The maximum absolute atomic E-state index is 13.5. The highest BCUT2D eigenvalue weighted by Gasteiger charge is 2.31. The zero-order chi connectivity index (χ0) is 24.4. The van der Waals surface area contributed by atoms with Crippen molar-refractivity contribution in [3.63, 3.8) is 0 Å². The van der Waals surface area contributed by atoms with E-state index in [4.69, 9.17) is 9.47 Å². The van der Waals surface area contributed by atoms with Gasteiger partial charge in [-0.2, -0.15) is 0 Å². The molecule has 0 aromatic heterocycles. The van der Waals surface area contributed by atoms with Crippen molar-refractivity contribution in [2.75, 3.05) is 24.7 Å². The summed E-state index contributed by atoms with van der Waals surface area (Å²) in [6.45, 7) is 4.89. The third-order valence-corrected chi connectivity index (χ3v) is 7.13. The van der Waals surface area contributed by atoms with Crippen molar-refractivity contribution in [1.82, 2.24) is 5.32 Å². The summed E-state index contributed by atoms with van der Waals surface area (Å²) in [5.41, 5.74) is 3.72. The molecule has 7 heteroatoms. The van der Waals surface area contributed by atoms with E-state index in [0.717, 1.165) is 27.3 Å². The minimum Gasteiger partial charge on any atom is -0.486 e. The minimum absolute atomic E-state index is 0.0730. The van der Waals surface area contributed by atoms with E-state index in [-0.39, 0.29) is 24.4 Å². The van der Waals surface area contributed by atoms with Crippen LogP contribution in [0.2, 0.25) is 0 Å². The molecule has 35 heavy (non-hydrogen) atoms. The average molecular weight is 487 g/mol. The van der Waals surface area contributed by atoms with Crippen LogP contribution in [0.15, 0.2) is 76.5 Å². The number of carbonyl (C=O) groups excluding carboxylic acids is 2. The second kappa shape index (κ2) is 9.88. The van der Waals surface area contributed by atoms with E-state index >= 15 is 0 Å². The van der Waals surface area contributed by atoms with Gasteiger partial charge in [0.05, 0.1) is 16.6 Å². The number of hydrogen-bond donors (Lipinski definition) is 1. The predicted molar refractivity (Wildman–Crippen MR) is 138 cm³/mol. The van der Waals surface area contributed by atoms with Crippen molar-refractivity contribution in [3.8, 4) is 11.5 Å². The first kappa shape index (κ1) is 23.1. The summed E-state index contributed by atoms with van der Waals surface area (Å²) in [5, 5.41) is 3.02. The number of carbonyl (C=O) groups is 2. The normalized spacial score (nSPS) is 16.6. The van der Waals surface area contributed by atoms with Crippen LogP contribution in [0.4, 0.5) is 5.69 Å². The van der Waals surface area contributed by atoms with Gasteiger partial charge in [-0.25, -0.2) is 0 Å². The Morgan fingerprint density at radius 1 is 1.06 bits per heavy atom. The number of benzene rings is 3. The molecule has 0 bridgehead atoms. The SMILES string of the molecule is Cc1ccccc1/C=C1\Sc2ccccc2N(CC(=O)N[C@@H](C)c2ccc3c(c2)OCCO3)C1=O. The van der Waals surface area contributed by atoms with E-state index in [9.17, 15) is 9.59 Å². The Balaban J connectivity index is 1.36. The molecule has 2 amide bonds. The molecule has 178 valence electrons. The molecule has 0 unspecified atom stereocenters. The first-order valence-corrected chi connectivity index (χ1v) is 12.4.